The SMILES string of the molecule is COc1cc(C)c(Cl)c(C)c1CCOC(=O)CN. The van der Waals surface area contributed by atoms with Gasteiger partial charge in [0.05, 0.1) is 20.3 Å². The van der Waals surface area contributed by atoms with Crippen molar-refractivity contribution in [3.8, 4) is 5.75 Å². The van der Waals surface area contributed by atoms with Gasteiger partial charge in [-0.2, -0.15) is 0 Å². The number of ether oxygens (including phenoxy) is 2. The number of esters is 1. The summed E-state index contributed by atoms with van der Waals surface area (Å²) in [6.07, 6.45) is 0.556. The van der Waals surface area contributed by atoms with Crippen LogP contribution in [0.5, 0.6) is 5.75 Å². The van der Waals surface area contributed by atoms with Crippen LogP contribution in [-0.4, -0.2) is 26.2 Å². The minimum atomic E-state index is -0.412. The summed E-state index contributed by atoms with van der Waals surface area (Å²) in [5.41, 5.74) is 8.04. The van der Waals surface area contributed by atoms with E-state index in [1.54, 1.807) is 7.11 Å². The molecule has 0 unspecified atom stereocenters. The molecule has 0 radical (unpaired) electrons. The van der Waals surface area contributed by atoms with E-state index in [9.17, 15) is 4.79 Å². The zero-order chi connectivity index (χ0) is 13.7. The number of carbonyl (C=O) groups excluding carboxylic acids is 1. The second-order valence-electron chi connectivity index (χ2n) is 3.99. The van der Waals surface area contributed by atoms with Gasteiger partial charge in [0.2, 0.25) is 0 Å². The maximum Gasteiger partial charge on any atom is 0.319 e. The molecule has 0 aliphatic heterocycles. The molecule has 0 atom stereocenters. The average Bonchev–Trinajstić information content (AvgIpc) is 2.37. The predicted octanol–water partition coefficient (Wildman–Crippen LogP) is 2.01. The van der Waals surface area contributed by atoms with Crippen molar-refractivity contribution in [1.29, 1.82) is 0 Å². The van der Waals surface area contributed by atoms with Gasteiger partial charge in [-0.1, -0.05) is 11.6 Å². The van der Waals surface area contributed by atoms with Crippen LogP contribution < -0.4 is 10.5 Å². The fourth-order valence-corrected chi connectivity index (χ4v) is 1.95. The van der Waals surface area contributed by atoms with E-state index < -0.39 is 5.97 Å². The molecule has 0 bridgehead atoms. The maximum absolute atomic E-state index is 11.0. The predicted molar refractivity (Wildman–Crippen MR) is 71.2 cm³/mol. The lowest BCUT2D eigenvalue weighted by molar-refractivity contribution is -0.141. The fraction of sp³-hybridized carbons (Fsp3) is 0.462. The van der Waals surface area contributed by atoms with Crippen molar-refractivity contribution in [3.05, 3.63) is 27.8 Å². The number of aryl methyl sites for hydroxylation is 1. The molecule has 0 saturated heterocycles. The topological polar surface area (TPSA) is 61.5 Å². The summed E-state index contributed by atoms with van der Waals surface area (Å²) in [5, 5.41) is 0.718. The standard InChI is InChI=1S/C13H18ClNO3/c1-8-6-11(17-3)10(9(2)13(8)14)4-5-18-12(16)7-15/h6H,4-5,7,15H2,1-3H3. The Morgan fingerprint density at radius 1 is 1.44 bits per heavy atom. The number of rotatable bonds is 5. The highest BCUT2D eigenvalue weighted by atomic mass is 35.5. The molecule has 0 aliphatic carbocycles. The van der Waals surface area contributed by atoms with E-state index in [1.165, 1.54) is 0 Å². The van der Waals surface area contributed by atoms with Gasteiger partial charge >= 0.3 is 5.97 Å². The summed E-state index contributed by atoms with van der Waals surface area (Å²) in [6.45, 7) is 4.02. The Morgan fingerprint density at radius 3 is 2.67 bits per heavy atom. The van der Waals surface area contributed by atoms with E-state index in [0.29, 0.717) is 6.42 Å². The molecule has 1 aromatic carbocycles. The van der Waals surface area contributed by atoms with Crippen LogP contribution in [0.15, 0.2) is 6.07 Å². The van der Waals surface area contributed by atoms with Crippen molar-refractivity contribution in [2.75, 3.05) is 20.3 Å². The molecule has 0 spiro atoms. The van der Waals surface area contributed by atoms with Gasteiger partial charge in [-0.3, -0.25) is 4.79 Å². The van der Waals surface area contributed by atoms with E-state index in [1.807, 2.05) is 19.9 Å². The number of carbonyl (C=O) groups is 1. The van der Waals surface area contributed by atoms with Crippen molar-refractivity contribution in [3.63, 3.8) is 0 Å². The Balaban J connectivity index is 2.87. The first kappa shape index (κ1) is 14.8. The highest BCUT2D eigenvalue weighted by Crippen LogP contribution is 2.31. The Bertz CT molecular complexity index is 446. The van der Waals surface area contributed by atoms with Gasteiger partial charge in [0.1, 0.15) is 5.75 Å². The van der Waals surface area contributed by atoms with Gasteiger partial charge < -0.3 is 15.2 Å². The van der Waals surface area contributed by atoms with Gasteiger partial charge in [0, 0.05) is 17.0 Å². The van der Waals surface area contributed by atoms with E-state index in [4.69, 9.17) is 26.8 Å². The molecule has 1 rings (SSSR count). The highest BCUT2D eigenvalue weighted by molar-refractivity contribution is 6.32. The first-order valence-corrected chi connectivity index (χ1v) is 6.07. The maximum atomic E-state index is 11.0. The number of hydrogen-bond donors (Lipinski definition) is 1. The summed E-state index contributed by atoms with van der Waals surface area (Å²) in [5.74, 6) is 0.350. The van der Waals surface area contributed by atoms with Crippen LogP contribution in [0.25, 0.3) is 0 Å². The second kappa shape index (κ2) is 6.61. The number of nitrogens with two attached hydrogens (primary N) is 1. The lowest BCUT2D eigenvalue weighted by atomic mass is 10.0. The summed E-state index contributed by atoms with van der Waals surface area (Å²) in [6, 6.07) is 1.88. The molecule has 1 aromatic rings. The second-order valence-corrected chi connectivity index (χ2v) is 4.37. The number of halogens is 1. The Kier molecular flexibility index (Phi) is 5.44. The van der Waals surface area contributed by atoms with Gasteiger partial charge in [0.25, 0.3) is 0 Å². The van der Waals surface area contributed by atoms with Gasteiger partial charge in [-0.25, -0.2) is 0 Å². The molecular weight excluding hydrogens is 254 g/mol. The molecule has 100 valence electrons. The third kappa shape index (κ3) is 3.37. The number of methoxy groups -OCH3 is 1. The Labute approximate surface area is 112 Å². The fourth-order valence-electron chi connectivity index (χ4n) is 1.78. The van der Waals surface area contributed by atoms with Crippen LogP contribution in [0.3, 0.4) is 0 Å². The molecular formula is C13H18ClNO3. The third-order valence-electron chi connectivity index (χ3n) is 2.77. The molecule has 0 heterocycles. The van der Waals surface area contributed by atoms with Gasteiger partial charge in [-0.05, 0) is 31.0 Å². The molecule has 0 amide bonds. The van der Waals surface area contributed by atoms with Crippen LogP contribution in [0.1, 0.15) is 16.7 Å². The summed E-state index contributed by atoms with van der Waals surface area (Å²) in [4.78, 5) is 11.0. The van der Waals surface area contributed by atoms with E-state index in [0.717, 1.165) is 27.5 Å². The lowest BCUT2D eigenvalue weighted by Crippen LogP contribution is -2.18. The van der Waals surface area contributed by atoms with E-state index >= 15 is 0 Å². The Morgan fingerprint density at radius 2 is 2.11 bits per heavy atom. The van der Waals surface area contributed by atoms with Crippen LogP contribution in [0, 0.1) is 13.8 Å². The van der Waals surface area contributed by atoms with Crippen LogP contribution in [0.4, 0.5) is 0 Å². The smallest absolute Gasteiger partial charge is 0.319 e. The molecule has 0 aliphatic rings. The normalized spacial score (nSPS) is 10.3. The van der Waals surface area contributed by atoms with Crippen molar-refractivity contribution in [2.24, 2.45) is 5.73 Å². The van der Waals surface area contributed by atoms with Gasteiger partial charge in [0.15, 0.2) is 0 Å². The zero-order valence-electron chi connectivity index (χ0n) is 10.9. The molecule has 4 nitrogen and oxygen atoms in total. The summed E-state index contributed by atoms with van der Waals surface area (Å²) < 4.78 is 10.3. The molecule has 0 saturated carbocycles. The van der Waals surface area contributed by atoms with Crippen molar-refractivity contribution >= 4 is 17.6 Å². The minimum Gasteiger partial charge on any atom is -0.496 e. The van der Waals surface area contributed by atoms with Crippen LogP contribution in [-0.2, 0) is 16.0 Å². The summed E-state index contributed by atoms with van der Waals surface area (Å²) in [7, 11) is 1.61. The quantitative estimate of drug-likeness (QED) is 0.832. The Hall–Kier alpha value is -1.26. The molecule has 0 fully saturated rings. The first-order valence-electron chi connectivity index (χ1n) is 5.69. The molecule has 2 N–H and O–H groups in total. The molecule has 18 heavy (non-hydrogen) atoms. The third-order valence-corrected chi connectivity index (χ3v) is 3.36. The van der Waals surface area contributed by atoms with E-state index in [-0.39, 0.29) is 13.2 Å². The number of hydrogen-bond acceptors (Lipinski definition) is 4. The average molecular weight is 272 g/mol. The van der Waals surface area contributed by atoms with Crippen LogP contribution in [0.2, 0.25) is 5.02 Å². The molecule has 0 aromatic heterocycles. The van der Waals surface area contributed by atoms with Crippen LogP contribution >= 0.6 is 11.6 Å². The molecule has 5 heteroatoms. The first-order chi connectivity index (χ1) is 8.51. The largest absolute Gasteiger partial charge is 0.496 e. The summed E-state index contributed by atoms with van der Waals surface area (Å²) >= 11 is 6.20. The van der Waals surface area contributed by atoms with Crippen molar-refractivity contribution < 1.29 is 14.3 Å². The lowest BCUT2D eigenvalue weighted by Gasteiger charge is -2.15. The highest BCUT2D eigenvalue weighted by Gasteiger charge is 2.13. The monoisotopic (exact) mass is 271 g/mol. The number of benzene rings is 1. The van der Waals surface area contributed by atoms with Gasteiger partial charge in [-0.15, -0.1) is 0 Å². The van der Waals surface area contributed by atoms with Crippen molar-refractivity contribution in [2.45, 2.75) is 20.3 Å². The zero-order valence-corrected chi connectivity index (χ0v) is 11.6. The minimum absolute atomic E-state index is 0.106. The van der Waals surface area contributed by atoms with E-state index in [2.05, 4.69) is 0 Å². The van der Waals surface area contributed by atoms with Crippen molar-refractivity contribution in [1.82, 2.24) is 0 Å².